The van der Waals surface area contributed by atoms with Crippen LogP contribution in [0.1, 0.15) is 13.8 Å². The van der Waals surface area contributed by atoms with Crippen molar-refractivity contribution in [2.45, 2.75) is 30.3 Å². The van der Waals surface area contributed by atoms with Crippen LogP contribution in [0.3, 0.4) is 0 Å². The first-order chi connectivity index (χ1) is 9.59. The summed E-state index contributed by atoms with van der Waals surface area (Å²) >= 11 is 1.55. The first-order valence-electron chi connectivity index (χ1n) is 6.04. The molecule has 0 aliphatic heterocycles. The highest BCUT2D eigenvalue weighted by Gasteiger charge is 2.48. The topological polar surface area (TPSA) is 46.2 Å². The molecule has 1 aromatic carbocycles. The van der Waals surface area contributed by atoms with Crippen LogP contribution in [0.15, 0.2) is 23.1 Å². The zero-order valence-electron chi connectivity index (χ0n) is 11.4. The van der Waals surface area contributed by atoms with Crippen LogP contribution in [-0.2, 0) is 9.84 Å². The molecule has 0 aliphatic carbocycles. The van der Waals surface area contributed by atoms with E-state index in [4.69, 9.17) is 0 Å². The van der Waals surface area contributed by atoms with Gasteiger partial charge in [0.15, 0.2) is 0 Å². The summed E-state index contributed by atoms with van der Waals surface area (Å²) in [6.45, 7) is 3.63. The number of anilines is 1. The zero-order valence-corrected chi connectivity index (χ0v) is 13.0. The summed E-state index contributed by atoms with van der Waals surface area (Å²) in [5.41, 5.74) is -5.73. The molecular weight excluding hydrogens is 330 g/mol. The molecule has 1 unspecified atom stereocenters. The molecule has 1 atom stereocenters. The molecule has 0 bridgehead atoms. The van der Waals surface area contributed by atoms with Crippen molar-refractivity contribution in [2.24, 2.45) is 0 Å². The lowest BCUT2D eigenvalue weighted by Crippen LogP contribution is -2.26. The van der Waals surface area contributed by atoms with Crippen molar-refractivity contribution in [3.8, 4) is 0 Å². The van der Waals surface area contributed by atoms with Crippen molar-refractivity contribution >= 4 is 27.3 Å². The van der Waals surface area contributed by atoms with Gasteiger partial charge in [-0.25, -0.2) is 12.8 Å². The summed E-state index contributed by atoms with van der Waals surface area (Å²) < 4.78 is 74.0. The second kappa shape index (κ2) is 6.87. The fourth-order valence-corrected chi connectivity index (χ4v) is 3.17. The van der Waals surface area contributed by atoms with Gasteiger partial charge in [-0.15, -0.1) is 0 Å². The number of alkyl halides is 3. The maximum Gasteiger partial charge on any atom is 0.501 e. The third kappa shape index (κ3) is 4.50. The Bertz CT molecular complexity index is 587. The molecule has 0 fully saturated rings. The molecule has 0 radical (unpaired) electrons. The van der Waals surface area contributed by atoms with Crippen molar-refractivity contribution in [1.29, 1.82) is 0 Å². The summed E-state index contributed by atoms with van der Waals surface area (Å²) in [5.74, 6) is 0.363. The second-order valence-electron chi connectivity index (χ2n) is 4.29. The van der Waals surface area contributed by atoms with E-state index in [2.05, 4.69) is 5.32 Å². The number of sulfone groups is 1. The van der Waals surface area contributed by atoms with Gasteiger partial charge in [0, 0.05) is 11.8 Å². The molecule has 9 heteroatoms. The lowest BCUT2D eigenvalue weighted by atomic mass is 10.3. The van der Waals surface area contributed by atoms with Crippen LogP contribution < -0.4 is 5.32 Å². The Labute approximate surface area is 125 Å². The molecule has 1 rings (SSSR count). The minimum Gasteiger partial charge on any atom is -0.381 e. The predicted octanol–water partition coefficient (Wildman–Crippen LogP) is 3.67. The largest absolute Gasteiger partial charge is 0.501 e. The van der Waals surface area contributed by atoms with Crippen LogP contribution in [0.5, 0.6) is 0 Å². The van der Waals surface area contributed by atoms with Crippen molar-refractivity contribution in [3.05, 3.63) is 24.0 Å². The van der Waals surface area contributed by atoms with Crippen LogP contribution in [0.2, 0.25) is 0 Å². The highest BCUT2D eigenvalue weighted by atomic mass is 32.2. The third-order valence-corrected chi connectivity index (χ3v) is 5.18. The number of hydrogen-bond donors (Lipinski definition) is 1. The number of halogens is 4. The van der Waals surface area contributed by atoms with Crippen LogP contribution in [0.25, 0.3) is 0 Å². The zero-order chi connectivity index (χ0) is 16.3. The van der Waals surface area contributed by atoms with E-state index in [0.717, 1.165) is 17.9 Å². The van der Waals surface area contributed by atoms with Gasteiger partial charge < -0.3 is 5.32 Å². The van der Waals surface area contributed by atoms with Gasteiger partial charge in [-0.2, -0.15) is 24.9 Å². The Hall–Kier alpha value is -0.960. The number of nitrogens with one attached hydrogen (secondary N) is 1. The molecule has 1 aromatic rings. The third-order valence-electron chi connectivity index (χ3n) is 2.51. The van der Waals surface area contributed by atoms with Crippen LogP contribution >= 0.6 is 11.8 Å². The van der Waals surface area contributed by atoms with Gasteiger partial charge in [-0.3, -0.25) is 0 Å². The highest BCUT2D eigenvalue weighted by Crippen LogP contribution is 2.35. The average molecular weight is 345 g/mol. The quantitative estimate of drug-likeness (QED) is 0.799. The van der Waals surface area contributed by atoms with Crippen molar-refractivity contribution in [3.63, 3.8) is 0 Å². The Balaban J connectivity index is 3.18. The Kier molecular flexibility index (Phi) is 5.92. The Morgan fingerprint density at radius 1 is 1.33 bits per heavy atom. The van der Waals surface area contributed by atoms with E-state index in [1.54, 1.807) is 18.7 Å². The average Bonchev–Trinajstić information content (AvgIpc) is 2.37. The molecule has 3 nitrogen and oxygen atoms in total. The van der Waals surface area contributed by atoms with E-state index in [9.17, 15) is 26.0 Å². The number of benzene rings is 1. The van der Waals surface area contributed by atoms with Crippen molar-refractivity contribution in [1.82, 2.24) is 0 Å². The van der Waals surface area contributed by atoms with Gasteiger partial charge in [-0.05, 0) is 30.9 Å². The fourth-order valence-electron chi connectivity index (χ4n) is 1.56. The lowest BCUT2D eigenvalue weighted by Gasteiger charge is -2.18. The molecule has 120 valence electrons. The number of hydrogen-bond acceptors (Lipinski definition) is 4. The van der Waals surface area contributed by atoms with Gasteiger partial charge in [0.05, 0.1) is 5.69 Å². The monoisotopic (exact) mass is 345 g/mol. The maximum atomic E-state index is 13.1. The Morgan fingerprint density at radius 2 is 1.95 bits per heavy atom. The normalized spacial score (nSPS) is 14.0. The van der Waals surface area contributed by atoms with E-state index in [-0.39, 0.29) is 11.7 Å². The van der Waals surface area contributed by atoms with Gasteiger partial charge in [0.2, 0.25) is 0 Å². The Morgan fingerprint density at radius 3 is 2.48 bits per heavy atom. The minimum absolute atomic E-state index is 0.252. The van der Waals surface area contributed by atoms with Gasteiger partial charge >= 0.3 is 5.51 Å². The van der Waals surface area contributed by atoms with E-state index in [1.807, 2.05) is 6.92 Å². The first kappa shape index (κ1) is 18.1. The SMILES string of the molecule is CCSCC(C)Nc1ccc(F)cc1S(=O)(=O)C(F)(F)F. The molecule has 0 saturated carbocycles. The predicted molar refractivity (Wildman–Crippen MR) is 75.7 cm³/mol. The summed E-state index contributed by atoms with van der Waals surface area (Å²) in [5, 5.41) is 2.68. The standard InChI is InChI=1S/C12H15F4NO2S2/c1-3-20-7-8(2)17-10-5-4-9(13)6-11(10)21(18,19)12(14,15)16/h4-6,8,17H,3,7H2,1-2H3. The van der Waals surface area contributed by atoms with E-state index in [0.29, 0.717) is 11.8 Å². The molecular formula is C12H15F4NO2S2. The molecule has 1 N–H and O–H groups in total. The molecule has 0 aromatic heterocycles. The van der Waals surface area contributed by atoms with E-state index in [1.165, 1.54) is 0 Å². The second-order valence-corrected chi connectivity index (χ2v) is 7.52. The van der Waals surface area contributed by atoms with E-state index >= 15 is 0 Å². The van der Waals surface area contributed by atoms with Crippen LogP contribution in [-0.4, -0.2) is 31.5 Å². The first-order valence-corrected chi connectivity index (χ1v) is 8.68. The van der Waals surface area contributed by atoms with Gasteiger partial charge in [-0.1, -0.05) is 6.92 Å². The molecule has 21 heavy (non-hydrogen) atoms. The molecule has 0 heterocycles. The molecule has 0 amide bonds. The maximum absolute atomic E-state index is 13.1. The van der Waals surface area contributed by atoms with Gasteiger partial charge in [0.25, 0.3) is 9.84 Å². The summed E-state index contributed by atoms with van der Waals surface area (Å²) in [6, 6.07) is 2.03. The number of rotatable bonds is 6. The van der Waals surface area contributed by atoms with E-state index < -0.39 is 26.1 Å². The lowest BCUT2D eigenvalue weighted by molar-refractivity contribution is -0.0435. The molecule has 0 saturated heterocycles. The van der Waals surface area contributed by atoms with Crippen molar-refractivity contribution < 1.29 is 26.0 Å². The smallest absolute Gasteiger partial charge is 0.381 e. The van der Waals surface area contributed by atoms with Gasteiger partial charge in [0.1, 0.15) is 10.7 Å². The van der Waals surface area contributed by atoms with Crippen molar-refractivity contribution in [2.75, 3.05) is 16.8 Å². The van der Waals surface area contributed by atoms with Crippen LogP contribution in [0.4, 0.5) is 23.2 Å². The fraction of sp³-hybridized carbons (Fsp3) is 0.500. The summed E-state index contributed by atoms with van der Waals surface area (Å²) in [7, 11) is -5.61. The highest BCUT2D eigenvalue weighted by molar-refractivity contribution is 7.99. The summed E-state index contributed by atoms with van der Waals surface area (Å²) in [4.78, 5) is -1.09. The number of thioether (sulfide) groups is 1. The van der Waals surface area contributed by atoms with Crippen LogP contribution in [0, 0.1) is 5.82 Å². The summed E-state index contributed by atoms with van der Waals surface area (Å²) in [6.07, 6.45) is 0. The minimum atomic E-state index is -5.61. The molecule has 0 aliphatic rings. The molecule has 0 spiro atoms.